The topological polar surface area (TPSA) is 44.4 Å². The lowest BCUT2D eigenvalue weighted by molar-refractivity contribution is 0.209. The Kier molecular flexibility index (Phi) is 2.78. The molecule has 1 heterocycles. The molecule has 0 saturated heterocycles. The van der Waals surface area contributed by atoms with Crippen LogP contribution in [0.15, 0.2) is 11.6 Å². The van der Waals surface area contributed by atoms with E-state index in [1.54, 1.807) is 11.6 Å². The zero-order valence-corrected chi connectivity index (χ0v) is 7.31. The Morgan fingerprint density at radius 3 is 2.91 bits per heavy atom. The Hall–Kier alpha value is -0.680. The summed E-state index contributed by atoms with van der Waals surface area (Å²) in [5.41, 5.74) is 0. The second-order valence-electron chi connectivity index (χ2n) is 2.47. The van der Waals surface area contributed by atoms with Gasteiger partial charge in [-0.25, -0.2) is 9.80 Å². The Labute approximate surface area is 70.1 Å². The Balaban J connectivity index is 2.35. The summed E-state index contributed by atoms with van der Waals surface area (Å²) in [7, 11) is 0. The van der Waals surface area contributed by atoms with Crippen LogP contribution < -0.4 is 10.1 Å². The van der Waals surface area contributed by atoms with Gasteiger partial charge in [0, 0.05) is 17.6 Å². The van der Waals surface area contributed by atoms with Crippen molar-refractivity contribution in [2.24, 2.45) is 0 Å². The summed E-state index contributed by atoms with van der Waals surface area (Å²) in [6.45, 7) is 3.84. The standard InChI is InChI=1S/C6H11N3OS/c1-5(2)7-6(10)9-3-4-11-8-9/h3-5,8H,1-2H3,(H,7,10). The number of carbonyl (C=O) groups is 1. The minimum Gasteiger partial charge on any atom is -0.334 e. The molecule has 11 heavy (non-hydrogen) atoms. The lowest BCUT2D eigenvalue weighted by atomic mass is 10.4. The van der Waals surface area contributed by atoms with Crippen molar-refractivity contribution >= 4 is 18.0 Å². The average molecular weight is 173 g/mol. The van der Waals surface area contributed by atoms with E-state index in [0.717, 1.165) is 0 Å². The number of carbonyl (C=O) groups excluding carboxylic acids is 1. The molecule has 0 unspecified atom stereocenters. The number of nitrogens with one attached hydrogen (secondary N) is 2. The molecule has 2 amide bonds. The average Bonchev–Trinajstić information content (AvgIpc) is 2.35. The van der Waals surface area contributed by atoms with Crippen LogP contribution >= 0.6 is 11.9 Å². The molecule has 0 aromatic carbocycles. The fourth-order valence-corrected chi connectivity index (χ4v) is 1.14. The van der Waals surface area contributed by atoms with E-state index in [1.165, 1.54) is 17.0 Å². The molecule has 1 aliphatic heterocycles. The van der Waals surface area contributed by atoms with Crippen LogP contribution in [-0.2, 0) is 0 Å². The molecule has 5 heteroatoms. The molecule has 0 aromatic heterocycles. The van der Waals surface area contributed by atoms with Gasteiger partial charge in [-0.05, 0) is 25.8 Å². The smallest absolute Gasteiger partial charge is 0.334 e. The summed E-state index contributed by atoms with van der Waals surface area (Å²) in [4.78, 5) is 13.9. The molecule has 0 aromatic rings. The number of nitrogens with zero attached hydrogens (tertiary/aromatic N) is 1. The molecule has 1 rings (SSSR count). The molecule has 0 fully saturated rings. The summed E-state index contributed by atoms with van der Waals surface area (Å²) < 4.78 is 0. The minimum atomic E-state index is -0.124. The lowest BCUT2D eigenvalue weighted by Crippen LogP contribution is -2.43. The van der Waals surface area contributed by atoms with Gasteiger partial charge in [0.1, 0.15) is 0 Å². The van der Waals surface area contributed by atoms with Crippen molar-refractivity contribution in [2.75, 3.05) is 0 Å². The zero-order chi connectivity index (χ0) is 8.27. The molecule has 1 aliphatic rings. The summed E-state index contributed by atoms with van der Waals surface area (Å²) in [6, 6.07) is 0.0459. The highest BCUT2D eigenvalue weighted by Gasteiger charge is 2.13. The van der Waals surface area contributed by atoms with Crippen LogP contribution in [0.1, 0.15) is 13.8 Å². The van der Waals surface area contributed by atoms with Crippen molar-refractivity contribution in [2.45, 2.75) is 19.9 Å². The van der Waals surface area contributed by atoms with Crippen LogP contribution in [0.3, 0.4) is 0 Å². The van der Waals surface area contributed by atoms with Gasteiger partial charge in [-0.15, -0.1) is 0 Å². The van der Waals surface area contributed by atoms with Crippen molar-refractivity contribution in [1.29, 1.82) is 0 Å². The number of hydrogen-bond acceptors (Lipinski definition) is 3. The van der Waals surface area contributed by atoms with Crippen molar-refractivity contribution in [3.63, 3.8) is 0 Å². The molecular weight excluding hydrogens is 162 g/mol. The van der Waals surface area contributed by atoms with Gasteiger partial charge in [0.2, 0.25) is 0 Å². The predicted molar refractivity (Wildman–Crippen MR) is 45.4 cm³/mol. The SMILES string of the molecule is CC(C)NC(=O)N1C=CSN1. The lowest BCUT2D eigenvalue weighted by Gasteiger charge is -2.15. The zero-order valence-electron chi connectivity index (χ0n) is 6.50. The maximum atomic E-state index is 11.1. The second-order valence-corrected chi connectivity index (χ2v) is 3.16. The molecule has 0 atom stereocenters. The van der Waals surface area contributed by atoms with Crippen molar-refractivity contribution in [1.82, 2.24) is 15.2 Å². The van der Waals surface area contributed by atoms with Gasteiger partial charge in [0.05, 0.1) is 0 Å². The second kappa shape index (κ2) is 3.64. The van der Waals surface area contributed by atoms with Crippen molar-refractivity contribution in [3.05, 3.63) is 11.6 Å². The Morgan fingerprint density at radius 2 is 2.45 bits per heavy atom. The van der Waals surface area contributed by atoms with Crippen LogP contribution in [0.5, 0.6) is 0 Å². The summed E-state index contributed by atoms with van der Waals surface area (Å²) >= 11 is 1.37. The van der Waals surface area contributed by atoms with Gasteiger partial charge in [0.25, 0.3) is 0 Å². The van der Waals surface area contributed by atoms with E-state index >= 15 is 0 Å². The van der Waals surface area contributed by atoms with Gasteiger partial charge in [0.15, 0.2) is 0 Å². The number of amides is 2. The van der Waals surface area contributed by atoms with Gasteiger partial charge in [-0.3, -0.25) is 0 Å². The number of hydrazine groups is 1. The molecule has 0 bridgehead atoms. The molecule has 0 spiro atoms. The maximum Gasteiger partial charge on any atom is 0.336 e. The predicted octanol–water partition coefficient (Wildman–Crippen LogP) is 1.04. The summed E-state index contributed by atoms with van der Waals surface area (Å²) in [6.07, 6.45) is 1.68. The highest BCUT2D eigenvalue weighted by atomic mass is 32.2. The van der Waals surface area contributed by atoms with Gasteiger partial charge in [-0.1, -0.05) is 0 Å². The molecule has 4 nitrogen and oxygen atoms in total. The van der Waals surface area contributed by atoms with Crippen LogP contribution in [0.4, 0.5) is 4.79 Å². The molecule has 0 saturated carbocycles. The van der Waals surface area contributed by atoms with Crippen LogP contribution in [0.25, 0.3) is 0 Å². The third-order valence-electron chi connectivity index (χ3n) is 1.06. The first-order chi connectivity index (χ1) is 5.20. The minimum absolute atomic E-state index is 0.124. The fraction of sp³-hybridized carbons (Fsp3) is 0.500. The van der Waals surface area contributed by atoms with E-state index in [9.17, 15) is 4.79 Å². The van der Waals surface area contributed by atoms with Crippen molar-refractivity contribution < 1.29 is 4.79 Å². The third kappa shape index (κ3) is 2.44. The molecular formula is C6H11N3OS. The van der Waals surface area contributed by atoms with Gasteiger partial charge < -0.3 is 5.32 Å². The van der Waals surface area contributed by atoms with E-state index in [1.807, 2.05) is 13.8 Å². The Bertz CT molecular complexity index is 181. The number of hydrogen-bond donors (Lipinski definition) is 2. The first-order valence-electron chi connectivity index (χ1n) is 3.38. The van der Waals surface area contributed by atoms with Crippen LogP contribution in [0, 0.1) is 0 Å². The normalized spacial score (nSPS) is 16.1. The number of urea groups is 1. The van der Waals surface area contributed by atoms with Crippen LogP contribution in [-0.4, -0.2) is 17.1 Å². The highest BCUT2D eigenvalue weighted by molar-refractivity contribution is 8.00. The maximum absolute atomic E-state index is 11.1. The van der Waals surface area contributed by atoms with E-state index in [0.29, 0.717) is 0 Å². The van der Waals surface area contributed by atoms with Crippen LogP contribution in [0.2, 0.25) is 0 Å². The monoisotopic (exact) mass is 173 g/mol. The largest absolute Gasteiger partial charge is 0.336 e. The van der Waals surface area contributed by atoms with E-state index in [4.69, 9.17) is 0 Å². The van der Waals surface area contributed by atoms with E-state index < -0.39 is 0 Å². The van der Waals surface area contributed by atoms with Gasteiger partial charge in [-0.2, -0.15) is 4.83 Å². The Morgan fingerprint density at radius 1 is 1.73 bits per heavy atom. The summed E-state index contributed by atoms with van der Waals surface area (Å²) in [5.74, 6) is 0. The van der Waals surface area contributed by atoms with Crippen molar-refractivity contribution in [3.8, 4) is 0 Å². The fourth-order valence-electron chi connectivity index (χ4n) is 0.635. The third-order valence-corrected chi connectivity index (χ3v) is 1.62. The first-order valence-corrected chi connectivity index (χ1v) is 4.26. The summed E-state index contributed by atoms with van der Waals surface area (Å²) in [5, 5.41) is 5.96. The number of rotatable bonds is 1. The van der Waals surface area contributed by atoms with E-state index in [2.05, 4.69) is 10.1 Å². The molecule has 2 N–H and O–H groups in total. The first kappa shape index (κ1) is 8.42. The van der Waals surface area contributed by atoms with E-state index in [-0.39, 0.29) is 12.1 Å². The molecule has 0 aliphatic carbocycles. The molecule has 62 valence electrons. The molecule has 0 radical (unpaired) electrons. The van der Waals surface area contributed by atoms with Gasteiger partial charge >= 0.3 is 6.03 Å². The highest BCUT2D eigenvalue weighted by Crippen LogP contribution is 2.07. The quantitative estimate of drug-likeness (QED) is 0.582.